The highest BCUT2D eigenvalue weighted by Crippen LogP contribution is 2.30. The molecule has 0 saturated carbocycles. The van der Waals surface area contributed by atoms with Crippen LogP contribution in [0.2, 0.25) is 0 Å². The quantitative estimate of drug-likeness (QED) is 0.674. The van der Waals surface area contributed by atoms with Crippen LogP contribution >= 0.6 is 0 Å². The Balaban J connectivity index is 2.58. The first-order valence-electron chi connectivity index (χ1n) is 5.76. The molecule has 1 saturated heterocycles. The molecule has 5 nitrogen and oxygen atoms in total. The van der Waals surface area contributed by atoms with Gasteiger partial charge < -0.3 is 15.7 Å². The molecule has 1 unspecified atom stereocenters. The van der Waals surface area contributed by atoms with Crippen LogP contribution in [0.4, 0.5) is 0 Å². The molecule has 0 radical (unpaired) electrons. The minimum absolute atomic E-state index is 0.0594. The Morgan fingerprint density at radius 2 is 2.12 bits per heavy atom. The minimum Gasteiger partial charge on any atom is -0.480 e. The molecule has 92 valence electrons. The summed E-state index contributed by atoms with van der Waals surface area (Å²) in [6, 6.07) is 0. The smallest absolute Gasteiger partial charge is 0.329 e. The average molecular weight is 228 g/mol. The van der Waals surface area contributed by atoms with Gasteiger partial charge in [0.1, 0.15) is 5.54 Å². The van der Waals surface area contributed by atoms with Gasteiger partial charge in [-0.25, -0.2) is 4.79 Å². The lowest BCUT2D eigenvalue weighted by Gasteiger charge is -2.31. The van der Waals surface area contributed by atoms with E-state index in [0.29, 0.717) is 25.9 Å². The standard InChI is InChI=1S/C11H20N2O3/c1-11(10(15)16)6-4-8-13(11)9(14)5-2-3-7-12/h2-8,12H2,1H3,(H,15,16). The largest absolute Gasteiger partial charge is 0.480 e. The van der Waals surface area contributed by atoms with E-state index in [2.05, 4.69) is 0 Å². The summed E-state index contributed by atoms with van der Waals surface area (Å²) in [6.07, 6.45) is 3.27. The molecule has 0 bridgehead atoms. The van der Waals surface area contributed by atoms with Crippen molar-refractivity contribution in [3.05, 3.63) is 0 Å². The molecule has 1 rings (SSSR count). The second kappa shape index (κ2) is 5.30. The van der Waals surface area contributed by atoms with Crippen molar-refractivity contribution < 1.29 is 14.7 Å². The molecule has 0 spiro atoms. The molecule has 1 aliphatic heterocycles. The number of unbranched alkanes of at least 4 members (excludes halogenated alkanes) is 1. The summed E-state index contributed by atoms with van der Waals surface area (Å²) in [4.78, 5) is 24.5. The molecular formula is C11H20N2O3. The predicted molar refractivity (Wildman–Crippen MR) is 59.9 cm³/mol. The number of nitrogens with zero attached hydrogens (tertiary/aromatic N) is 1. The molecule has 1 aliphatic rings. The van der Waals surface area contributed by atoms with Crippen LogP contribution < -0.4 is 5.73 Å². The molecule has 1 atom stereocenters. The topological polar surface area (TPSA) is 83.6 Å². The Bertz CT molecular complexity index is 280. The van der Waals surface area contributed by atoms with Gasteiger partial charge in [0, 0.05) is 13.0 Å². The van der Waals surface area contributed by atoms with Crippen molar-refractivity contribution in [1.29, 1.82) is 0 Å². The first-order chi connectivity index (χ1) is 7.52. The summed E-state index contributed by atoms with van der Waals surface area (Å²) in [5.74, 6) is -0.965. The third-order valence-corrected chi connectivity index (χ3v) is 3.25. The summed E-state index contributed by atoms with van der Waals surface area (Å²) in [7, 11) is 0. The van der Waals surface area contributed by atoms with E-state index in [9.17, 15) is 9.59 Å². The zero-order valence-electron chi connectivity index (χ0n) is 9.74. The van der Waals surface area contributed by atoms with E-state index in [1.807, 2.05) is 0 Å². The number of hydrogen-bond acceptors (Lipinski definition) is 3. The first kappa shape index (κ1) is 13.0. The van der Waals surface area contributed by atoms with E-state index in [0.717, 1.165) is 19.3 Å². The second-order valence-corrected chi connectivity index (χ2v) is 4.47. The summed E-state index contributed by atoms with van der Waals surface area (Å²) in [6.45, 7) is 2.76. The Morgan fingerprint density at radius 3 is 2.69 bits per heavy atom. The highest BCUT2D eigenvalue weighted by molar-refractivity contribution is 5.87. The first-order valence-corrected chi connectivity index (χ1v) is 5.76. The molecule has 5 heteroatoms. The number of carbonyl (C=O) groups is 2. The van der Waals surface area contributed by atoms with E-state index >= 15 is 0 Å². The fraction of sp³-hybridized carbons (Fsp3) is 0.818. The summed E-state index contributed by atoms with van der Waals surface area (Å²) >= 11 is 0. The zero-order chi connectivity index (χ0) is 12.2. The summed E-state index contributed by atoms with van der Waals surface area (Å²) in [5.41, 5.74) is 4.35. The van der Waals surface area contributed by atoms with Crippen LogP contribution in [-0.2, 0) is 9.59 Å². The Kier molecular flexibility index (Phi) is 4.29. The molecule has 1 fully saturated rings. The third kappa shape index (κ3) is 2.52. The number of likely N-dealkylation sites (tertiary alicyclic amines) is 1. The Hall–Kier alpha value is -1.10. The van der Waals surface area contributed by atoms with Crippen LogP contribution in [0.5, 0.6) is 0 Å². The highest BCUT2D eigenvalue weighted by Gasteiger charge is 2.45. The summed E-state index contributed by atoms with van der Waals surface area (Å²) < 4.78 is 0. The Labute approximate surface area is 95.6 Å². The van der Waals surface area contributed by atoms with Gasteiger partial charge in [-0.1, -0.05) is 0 Å². The van der Waals surface area contributed by atoms with E-state index in [1.54, 1.807) is 6.92 Å². The molecule has 1 heterocycles. The summed E-state index contributed by atoms with van der Waals surface area (Å²) in [5, 5.41) is 9.15. The fourth-order valence-corrected chi connectivity index (χ4v) is 2.14. The number of aliphatic carboxylic acids is 1. The van der Waals surface area contributed by atoms with Gasteiger partial charge >= 0.3 is 5.97 Å². The predicted octanol–water partition coefficient (Wildman–Crippen LogP) is 0.581. The fourth-order valence-electron chi connectivity index (χ4n) is 2.14. The zero-order valence-corrected chi connectivity index (χ0v) is 9.74. The molecule has 16 heavy (non-hydrogen) atoms. The number of carboxylic acid groups (broad SMARTS) is 1. The number of hydrogen-bond donors (Lipinski definition) is 2. The maximum Gasteiger partial charge on any atom is 0.329 e. The van der Waals surface area contributed by atoms with Gasteiger partial charge in [-0.15, -0.1) is 0 Å². The molecule has 1 amide bonds. The van der Waals surface area contributed by atoms with Crippen LogP contribution in [0.15, 0.2) is 0 Å². The van der Waals surface area contributed by atoms with Crippen molar-refractivity contribution in [2.45, 2.75) is 44.6 Å². The molecule has 3 N–H and O–H groups in total. The van der Waals surface area contributed by atoms with Gasteiger partial charge in [-0.05, 0) is 39.2 Å². The number of carbonyl (C=O) groups excluding carboxylic acids is 1. The van der Waals surface area contributed by atoms with Crippen LogP contribution in [0.3, 0.4) is 0 Å². The lowest BCUT2D eigenvalue weighted by molar-refractivity contribution is -0.155. The lowest BCUT2D eigenvalue weighted by atomic mass is 9.99. The van der Waals surface area contributed by atoms with Crippen LogP contribution in [0.25, 0.3) is 0 Å². The lowest BCUT2D eigenvalue weighted by Crippen LogP contribution is -2.50. The van der Waals surface area contributed by atoms with Crippen molar-refractivity contribution in [2.24, 2.45) is 5.73 Å². The van der Waals surface area contributed by atoms with Crippen molar-refractivity contribution >= 4 is 11.9 Å². The maximum absolute atomic E-state index is 11.9. The minimum atomic E-state index is -1.00. The van der Waals surface area contributed by atoms with Gasteiger partial charge in [0.15, 0.2) is 0 Å². The number of carboxylic acids is 1. The van der Waals surface area contributed by atoms with Gasteiger partial charge in [0.25, 0.3) is 0 Å². The van der Waals surface area contributed by atoms with Crippen molar-refractivity contribution in [1.82, 2.24) is 4.90 Å². The molecule has 0 aromatic carbocycles. The van der Waals surface area contributed by atoms with Crippen molar-refractivity contribution in [2.75, 3.05) is 13.1 Å². The van der Waals surface area contributed by atoms with Crippen LogP contribution in [0, 0.1) is 0 Å². The molecule has 0 aliphatic carbocycles. The molecule has 0 aromatic rings. The number of nitrogens with two attached hydrogens (primary N) is 1. The van der Waals surface area contributed by atoms with Gasteiger partial charge in [0.2, 0.25) is 5.91 Å². The Morgan fingerprint density at radius 1 is 1.44 bits per heavy atom. The van der Waals surface area contributed by atoms with E-state index in [4.69, 9.17) is 10.8 Å². The van der Waals surface area contributed by atoms with Crippen LogP contribution in [-0.4, -0.2) is 40.5 Å². The number of amides is 1. The van der Waals surface area contributed by atoms with Crippen molar-refractivity contribution in [3.8, 4) is 0 Å². The monoisotopic (exact) mass is 228 g/mol. The molecule has 0 aromatic heterocycles. The van der Waals surface area contributed by atoms with E-state index in [1.165, 1.54) is 4.90 Å². The van der Waals surface area contributed by atoms with Crippen molar-refractivity contribution in [3.63, 3.8) is 0 Å². The molecular weight excluding hydrogens is 208 g/mol. The SMILES string of the molecule is CC1(C(=O)O)CCCN1C(=O)CCCCN. The van der Waals surface area contributed by atoms with Gasteiger partial charge in [-0.3, -0.25) is 4.79 Å². The average Bonchev–Trinajstić information content (AvgIpc) is 2.62. The van der Waals surface area contributed by atoms with Crippen LogP contribution in [0.1, 0.15) is 39.0 Å². The van der Waals surface area contributed by atoms with Gasteiger partial charge in [-0.2, -0.15) is 0 Å². The van der Waals surface area contributed by atoms with E-state index < -0.39 is 11.5 Å². The normalized spacial score (nSPS) is 24.8. The third-order valence-electron chi connectivity index (χ3n) is 3.25. The van der Waals surface area contributed by atoms with E-state index in [-0.39, 0.29) is 5.91 Å². The second-order valence-electron chi connectivity index (χ2n) is 4.47. The maximum atomic E-state index is 11.9. The highest BCUT2D eigenvalue weighted by atomic mass is 16.4. The number of rotatable bonds is 5. The van der Waals surface area contributed by atoms with Gasteiger partial charge in [0.05, 0.1) is 0 Å².